The first-order valence-corrected chi connectivity index (χ1v) is 10.5. The average Bonchev–Trinajstić information content (AvgIpc) is 2.60. The summed E-state index contributed by atoms with van der Waals surface area (Å²) in [7, 11) is 0. The first kappa shape index (κ1) is 23.1. The highest BCUT2D eigenvalue weighted by molar-refractivity contribution is 5.69. The number of hydrogen-bond acceptors (Lipinski definition) is 4. The van der Waals surface area contributed by atoms with E-state index in [2.05, 4.69) is 26.8 Å². The molecule has 2 rings (SSSR count). The van der Waals surface area contributed by atoms with Crippen molar-refractivity contribution in [3.05, 3.63) is 53.3 Å². The maximum atomic E-state index is 12.0. The van der Waals surface area contributed by atoms with E-state index in [-0.39, 0.29) is 17.2 Å². The maximum absolute atomic E-state index is 12.0. The Kier molecular flexibility index (Phi) is 7.95. The van der Waals surface area contributed by atoms with Crippen molar-refractivity contribution in [2.24, 2.45) is 0 Å². The van der Waals surface area contributed by atoms with Crippen LogP contribution in [-0.2, 0) is 20.7 Å². The molecule has 0 saturated heterocycles. The summed E-state index contributed by atoms with van der Waals surface area (Å²) in [5, 5.41) is 0. The summed E-state index contributed by atoms with van der Waals surface area (Å²) in [5.41, 5.74) is 2.03. The summed E-state index contributed by atoms with van der Waals surface area (Å²) in [6.07, 6.45) is 7.83. The molecule has 0 spiro atoms. The number of ether oxygens (including phenoxy) is 3. The Morgan fingerprint density at radius 1 is 0.862 bits per heavy atom. The lowest BCUT2D eigenvalue weighted by molar-refractivity contribution is -0.143. The number of benzene rings is 1. The number of rotatable bonds is 8. The fourth-order valence-corrected chi connectivity index (χ4v) is 3.04. The Balaban J connectivity index is 1.68. The van der Waals surface area contributed by atoms with Crippen LogP contribution in [0.1, 0.15) is 72.8 Å². The van der Waals surface area contributed by atoms with Crippen LogP contribution in [0.2, 0.25) is 0 Å². The van der Waals surface area contributed by atoms with Crippen molar-refractivity contribution in [1.82, 2.24) is 0 Å². The second-order valence-corrected chi connectivity index (χ2v) is 9.50. The van der Waals surface area contributed by atoms with Gasteiger partial charge in [0.1, 0.15) is 17.0 Å². The van der Waals surface area contributed by atoms with Gasteiger partial charge in [-0.2, -0.15) is 0 Å². The lowest BCUT2D eigenvalue weighted by Gasteiger charge is -2.25. The summed E-state index contributed by atoms with van der Waals surface area (Å²) >= 11 is 0. The molecule has 1 aliphatic rings. The van der Waals surface area contributed by atoms with Gasteiger partial charge in [-0.3, -0.25) is 4.79 Å². The van der Waals surface area contributed by atoms with E-state index in [1.54, 1.807) is 0 Å². The van der Waals surface area contributed by atoms with Gasteiger partial charge in [0.15, 0.2) is 0 Å². The SMILES string of the molecule is CC(C)(C)OC1=CC=C(CCC(=O)OCCc2ccc(OC(C)(C)C)cc2)CC1. The molecule has 0 aliphatic heterocycles. The van der Waals surface area contributed by atoms with Gasteiger partial charge in [-0.05, 0) is 78.2 Å². The molecule has 0 heterocycles. The minimum absolute atomic E-state index is 0.140. The largest absolute Gasteiger partial charge is 0.492 e. The van der Waals surface area contributed by atoms with Gasteiger partial charge in [0.05, 0.1) is 12.4 Å². The summed E-state index contributed by atoms with van der Waals surface area (Å²) in [6.45, 7) is 12.6. The minimum Gasteiger partial charge on any atom is -0.492 e. The van der Waals surface area contributed by atoms with Crippen molar-refractivity contribution < 1.29 is 19.0 Å². The zero-order valence-electron chi connectivity index (χ0n) is 18.8. The van der Waals surface area contributed by atoms with Crippen molar-refractivity contribution in [3.8, 4) is 5.75 Å². The fourth-order valence-electron chi connectivity index (χ4n) is 3.04. The molecule has 0 bridgehead atoms. The smallest absolute Gasteiger partial charge is 0.306 e. The van der Waals surface area contributed by atoms with Gasteiger partial charge in [-0.15, -0.1) is 0 Å². The lowest BCUT2D eigenvalue weighted by atomic mass is 9.99. The molecule has 29 heavy (non-hydrogen) atoms. The molecule has 0 radical (unpaired) electrons. The number of hydrogen-bond donors (Lipinski definition) is 0. The Morgan fingerprint density at radius 2 is 1.52 bits per heavy atom. The molecule has 1 aliphatic carbocycles. The van der Waals surface area contributed by atoms with E-state index in [1.807, 2.05) is 51.1 Å². The Hall–Kier alpha value is -2.23. The number of esters is 1. The number of carbonyl (C=O) groups excluding carboxylic acids is 1. The minimum atomic E-state index is -0.207. The molecule has 0 atom stereocenters. The van der Waals surface area contributed by atoms with E-state index >= 15 is 0 Å². The Labute approximate surface area is 175 Å². The van der Waals surface area contributed by atoms with E-state index in [4.69, 9.17) is 14.2 Å². The van der Waals surface area contributed by atoms with Crippen molar-refractivity contribution >= 4 is 5.97 Å². The van der Waals surface area contributed by atoms with Crippen LogP contribution < -0.4 is 4.74 Å². The quantitative estimate of drug-likeness (QED) is 0.491. The van der Waals surface area contributed by atoms with Crippen LogP contribution in [0.5, 0.6) is 5.75 Å². The van der Waals surface area contributed by atoms with Crippen molar-refractivity contribution in [2.45, 2.75) is 84.8 Å². The fraction of sp³-hybridized carbons (Fsp3) is 0.560. The predicted octanol–water partition coefficient (Wildman–Crippen LogP) is 6.15. The standard InChI is InChI=1S/C25H36O4/c1-24(2,3)28-21-12-7-19(8-13-21)11-16-23(26)27-18-17-20-9-14-22(15-10-20)29-25(4,5)6/h7,9-10,12,14-15H,8,11,13,16-18H2,1-6H3. The molecular weight excluding hydrogens is 364 g/mol. The maximum Gasteiger partial charge on any atom is 0.306 e. The number of carbonyl (C=O) groups is 1. The van der Waals surface area contributed by atoms with Crippen molar-refractivity contribution in [2.75, 3.05) is 6.61 Å². The molecule has 160 valence electrons. The molecule has 0 N–H and O–H groups in total. The van der Waals surface area contributed by atoms with Crippen molar-refractivity contribution in [3.63, 3.8) is 0 Å². The number of allylic oxidation sites excluding steroid dienone is 4. The molecule has 1 aromatic rings. The monoisotopic (exact) mass is 400 g/mol. The van der Waals surface area contributed by atoms with Crippen LogP contribution >= 0.6 is 0 Å². The zero-order valence-corrected chi connectivity index (χ0v) is 18.8. The first-order valence-electron chi connectivity index (χ1n) is 10.5. The van der Waals surface area contributed by atoms with Gasteiger partial charge >= 0.3 is 5.97 Å². The van der Waals surface area contributed by atoms with Crippen LogP contribution in [0, 0.1) is 0 Å². The van der Waals surface area contributed by atoms with E-state index in [9.17, 15) is 4.79 Å². The predicted molar refractivity (Wildman–Crippen MR) is 117 cm³/mol. The third kappa shape index (κ3) is 9.69. The second-order valence-electron chi connectivity index (χ2n) is 9.50. The van der Waals surface area contributed by atoms with Gasteiger partial charge in [0, 0.05) is 19.3 Å². The normalized spacial score (nSPS) is 14.7. The summed E-state index contributed by atoms with van der Waals surface area (Å²) in [6, 6.07) is 7.96. The van der Waals surface area contributed by atoms with Gasteiger partial charge in [0.2, 0.25) is 0 Å². The molecule has 0 amide bonds. The summed E-state index contributed by atoms with van der Waals surface area (Å²) in [4.78, 5) is 12.0. The third-order valence-corrected chi connectivity index (χ3v) is 4.29. The summed E-state index contributed by atoms with van der Waals surface area (Å²) < 4.78 is 17.1. The second kappa shape index (κ2) is 10.00. The molecule has 4 heteroatoms. The van der Waals surface area contributed by atoms with Gasteiger partial charge in [-0.1, -0.05) is 23.8 Å². The van der Waals surface area contributed by atoms with E-state index in [0.717, 1.165) is 36.3 Å². The van der Waals surface area contributed by atoms with Crippen LogP contribution in [0.4, 0.5) is 0 Å². The highest BCUT2D eigenvalue weighted by atomic mass is 16.5. The van der Waals surface area contributed by atoms with Crippen LogP contribution in [0.3, 0.4) is 0 Å². The topological polar surface area (TPSA) is 44.8 Å². The third-order valence-electron chi connectivity index (χ3n) is 4.29. The van der Waals surface area contributed by atoms with Crippen LogP contribution in [0.25, 0.3) is 0 Å². The Bertz CT molecular complexity index is 728. The van der Waals surface area contributed by atoms with Crippen LogP contribution in [0.15, 0.2) is 47.7 Å². The Morgan fingerprint density at radius 3 is 2.07 bits per heavy atom. The molecule has 0 aromatic heterocycles. The summed E-state index contributed by atoms with van der Waals surface area (Å²) in [5.74, 6) is 1.73. The molecule has 0 saturated carbocycles. The molecular formula is C25H36O4. The molecule has 4 nitrogen and oxygen atoms in total. The van der Waals surface area contributed by atoms with Crippen molar-refractivity contribution in [1.29, 1.82) is 0 Å². The zero-order chi connectivity index (χ0) is 21.5. The first-order chi connectivity index (χ1) is 13.5. The van der Waals surface area contributed by atoms with E-state index in [0.29, 0.717) is 19.4 Å². The van der Waals surface area contributed by atoms with Gasteiger partial charge < -0.3 is 14.2 Å². The van der Waals surface area contributed by atoms with Gasteiger partial charge in [0.25, 0.3) is 0 Å². The van der Waals surface area contributed by atoms with Crippen LogP contribution in [-0.4, -0.2) is 23.8 Å². The van der Waals surface area contributed by atoms with E-state index in [1.165, 1.54) is 5.57 Å². The van der Waals surface area contributed by atoms with Gasteiger partial charge in [-0.25, -0.2) is 0 Å². The molecule has 0 fully saturated rings. The average molecular weight is 401 g/mol. The molecule has 1 aromatic carbocycles. The highest BCUT2D eigenvalue weighted by Crippen LogP contribution is 2.26. The highest BCUT2D eigenvalue weighted by Gasteiger charge is 2.16. The lowest BCUT2D eigenvalue weighted by Crippen LogP contribution is -2.22. The van der Waals surface area contributed by atoms with E-state index < -0.39 is 0 Å². The molecule has 0 unspecified atom stereocenters.